The first-order valence-electron chi connectivity index (χ1n) is 5.37. The summed E-state index contributed by atoms with van der Waals surface area (Å²) < 4.78 is 0. The minimum Gasteiger partial charge on any atom is -0.325 e. The molecule has 2 N–H and O–H groups in total. The van der Waals surface area contributed by atoms with Gasteiger partial charge in [0.05, 0.1) is 16.9 Å². The van der Waals surface area contributed by atoms with Crippen LogP contribution in [0.5, 0.6) is 0 Å². The third kappa shape index (κ3) is 1.92. The largest absolute Gasteiger partial charge is 0.325 e. The topological polar surface area (TPSA) is 51.8 Å². The van der Waals surface area contributed by atoms with Gasteiger partial charge < -0.3 is 5.73 Å². The second-order valence-electron chi connectivity index (χ2n) is 3.74. The van der Waals surface area contributed by atoms with Crippen LogP contribution in [0.4, 0.5) is 0 Å². The highest BCUT2D eigenvalue weighted by molar-refractivity contribution is 7.13. The number of rotatable bonds is 2. The second kappa shape index (κ2) is 4.24. The smallest absolute Gasteiger partial charge is 0.142 e. The van der Waals surface area contributed by atoms with Crippen molar-refractivity contribution in [2.75, 3.05) is 0 Å². The maximum absolute atomic E-state index is 5.56. The number of pyridine rings is 1. The van der Waals surface area contributed by atoms with Gasteiger partial charge in [0.25, 0.3) is 0 Å². The molecule has 0 bridgehead atoms. The molecule has 4 heteroatoms. The van der Waals surface area contributed by atoms with Crippen molar-refractivity contribution < 1.29 is 0 Å². The van der Waals surface area contributed by atoms with Crippen molar-refractivity contribution in [3.63, 3.8) is 0 Å². The van der Waals surface area contributed by atoms with Crippen LogP contribution in [0.1, 0.15) is 5.69 Å². The van der Waals surface area contributed by atoms with Crippen molar-refractivity contribution in [3.8, 4) is 10.7 Å². The molecule has 3 rings (SSSR count). The Morgan fingerprint density at radius 2 is 1.94 bits per heavy atom. The molecule has 0 saturated heterocycles. The number of hydrogen-bond donors (Lipinski definition) is 1. The highest BCUT2D eigenvalue weighted by atomic mass is 32.1. The average Bonchev–Trinajstić information content (AvgIpc) is 2.87. The highest BCUT2D eigenvalue weighted by Crippen LogP contribution is 2.24. The summed E-state index contributed by atoms with van der Waals surface area (Å²) in [5.74, 6) is 0. The number of thiazole rings is 1. The molecule has 0 fully saturated rings. The van der Waals surface area contributed by atoms with Crippen LogP contribution < -0.4 is 5.73 Å². The Bertz CT molecular complexity index is 660. The first kappa shape index (κ1) is 10.4. The number of aromatic nitrogens is 2. The standard InChI is InChI=1S/C13H11N3S/c14-7-10-8-17-13(15-10)12-6-5-9-3-1-2-4-11(9)16-12/h1-6,8H,7,14H2. The van der Waals surface area contributed by atoms with E-state index in [1.807, 2.05) is 29.6 Å². The van der Waals surface area contributed by atoms with Crippen LogP contribution in [0.3, 0.4) is 0 Å². The van der Waals surface area contributed by atoms with Gasteiger partial charge in [-0.15, -0.1) is 11.3 Å². The minimum atomic E-state index is 0.476. The number of para-hydroxylation sites is 1. The van der Waals surface area contributed by atoms with Crippen LogP contribution in [0.2, 0.25) is 0 Å². The van der Waals surface area contributed by atoms with E-state index >= 15 is 0 Å². The third-order valence-corrected chi connectivity index (χ3v) is 3.49. The van der Waals surface area contributed by atoms with Gasteiger partial charge in [-0.2, -0.15) is 0 Å². The number of nitrogens with two attached hydrogens (primary N) is 1. The van der Waals surface area contributed by atoms with Crippen LogP contribution in [0, 0.1) is 0 Å². The van der Waals surface area contributed by atoms with Crippen LogP contribution in [-0.2, 0) is 6.54 Å². The molecule has 0 unspecified atom stereocenters. The van der Waals surface area contributed by atoms with E-state index in [2.05, 4.69) is 22.1 Å². The molecular formula is C13H11N3S. The van der Waals surface area contributed by atoms with E-state index in [0.29, 0.717) is 6.54 Å². The molecule has 0 spiro atoms. The molecule has 17 heavy (non-hydrogen) atoms. The molecule has 0 radical (unpaired) electrons. The maximum Gasteiger partial charge on any atom is 0.142 e. The molecule has 0 saturated carbocycles. The van der Waals surface area contributed by atoms with E-state index in [1.165, 1.54) is 0 Å². The van der Waals surface area contributed by atoms with Gasteiger partial charge in [0.2, 0.25) is 0 Å². The summed E-state index contributed by atoms with van der Waals surface area (Å²) in [7, 11) is 0. The predicted molar refractivity (Wildman–Crippen MR) is 70.7 cm³/mol. The number of benzene rings is 1. The van der Waals surface area contributed by atoms with E-state index in [1.54, 1.807) is 11.3 Å². The van der Waals surface area contributed by atoms with Crippen molar-refractivity contribution >= 4 is 22.2 Å². The van der Waals surface area contributed by atoms with Gasteiger partial charge in [0.1, 0.15) is 5.01 Å². The zero-order chi connectivity index (χ0) is 11.7. The molecule has 0 aliphatic rings. The first-order chi connectivity index (χ1) is 8.36. The van der Waals surface area contributed by atoms with Gasteiger partial charge in [0.15, 0.2) is 0 Å². The molecule has 2 heterocycles. The fourth-order valence-corrected chi connectivity index (χ4v) is 2.50. The Kier molecular flexibility index (Phi) is 2.59. The van der Waals surface area contributed by atoms with Gasteiger partial charge in [-0.05, 0) is 12.1 Å². The fourth-order valence-electron chi connectivity index (χ4n) is 1.70. The van der Waals surface area contributed by atoms with E-state index in [4.69, 9.17) is 5.73 Å². The lowest BCUT2D eigenvalue weighted by Gasteiger charge is -1.99. The summed E-state index contributed by atoms with van der Waals surface area (Å²) in [6, 6.07) is 12.1. The SMILES string of the molecule is NCc1csc(-c2ccc3ccccc3n2)n1. The molecule has 0 aliphatic heterocycles. The fraction of sp³-hybridized carbons (Fsp3) is 0.0769. The Labute approximate surface area is 103 Å². The summed E-state index contributed by atoms with van der Waals surface area (Å²) in [5.41, 5.74) is 8.38. The highest BCUT2D eigenvalue weighted by Gasteiger charge is 2.05. The second-order valence-corrected chi connectivity index (χ2v) is 4.60. The lowest BCUT2D eigenvalue weighted by molar-refractivity contribution is 1.01. The minimum absolute atomic E-state index is 0.476. The lowest BCUT2D eigenvalue weighted by Crippen LogP contribution is -1.95. The van der Waals surface area contributed by atoms with Gasteiger partial charge in [0, 0.05) is 17.3 Å². The van der Waals surface area contributed by atoms with Crippen LogP contribution in [0.15, 0.2) is 41.8 Å². The van der Waals surface area contributed by atoms with Crippen molar-refractivity contribution in [1.82, 2.24) is 9.97 Å². The van der Waals surface area contributed by atoms with Gasteiger partial charge in [-0.25, -0.2) is 9.97 Å². The molecule has 0 aliphatic carbocycles. The van der Waals surface area contributed by atoms with Crippen molar-refractivity contribution in [3.05, 3.63) is 47.5 Å². The monoisotopic (exact) mass is 241 g/mol. The quantitative estimate of drug-likeness (QED) is 0.750. The van der Waals surface area contributed by atoms with Gasteiger partial charge >= 0.3 is 0 Å². The van der Waals surface area contributed by atoms with Gasteiger partial charge in [-0.3, -0.25) is 0 Å². The predicted octanol–water partition coefficient (Wildman–Crippen LogP) is 2.82. The van der Waals surface area contributed by atoms with Crippen LogP contribution in [-0.4, -0.2) is 9.97 Å². The molecule has 2 aromatic heterocycles. The van der Waals surface area contributed by atoms with E-state index in [9.17, 15) is 0 Å². The van der Waals surface area contributed by atoms with Crippen molar-refractivity contribution in [2.45, 2.75) is 6.54 Å². The summed E-state index contributed by atoms with van der Waals surface area (Å²) in [5, 5.41) is 4.05. The lowest BCUT2D eigenvalue weighted by atomic mass is 10.2. The van der Waals surface area contributed by atoms with E-state index in [-0.39, 0.29) is 0 Å². The summed E-state index contributed by atoms with van der Waals surface area (Å²) in [6.07, 6.45) is 0. The number of fused-ring (bicyclic) bond motifs is 1. The number of hydrogen-bond acceptors (Lipinski definition) is 4. The van der Waals surface area contributed by atoms with Crippen LogP contribution in [0.25, 0.3) is 21.6 Å². The Hall–Kier alpha value is -1.78. The molecule has 1 aromatic carbocycles. The number of nitrogens with zero attached hydrogens (tertiary/aromatic N) is 2. The Balaban J connectivity index is 2.11. The third-order valence-electron chi connectivity index (χ3n) is 2.58. The average molecular weight is 241 g/mol. The zero-order valence-corrected chi connectivity index (χ0v) is 9.95. The van der Waals surface area contributed by atoms with Crippen molar-refractivity contribution in [2.24, 2.45) is 5.73 Å². The molecule has 3 aromatic rings. The summed E-state index contributed by atoms with van der Waals surface area (Å²) in [6.45, 7) is 0.476. The summed E-state index contributed by atoms with van der Waals surface area (Å²) >= 11 is 1.58. The van der Waals surface area contributed by atoms with Crippen molar-refractivity contribution in [1.29, 1.82) is 0 Å². The normalized spacial score (nSPS) is 10.9. The van der Waals surface area contributed by atoms with Crippen LogP contribution >= 0.6 is 11.3 Å². The van der Waals surface area contributed by atoms with E-state index < -0.39 is 0 Å². The summed E-state index contributed by atoms with van der Waals surface area (Å²) in [4.78, 5) is 9.04. The molecular weight excluding hydrogens is 230 g/mol. The first-order valence-corrected chi connectivity index (χ1v) is 6.25. The maximum atomic E-state index is 5.56. The van der Waals surface area contributed by atoms with Gasteiger partial charge in [-0.1, -0.05) is 24.3 Å². The molecule has 0 atom stereocenters. The Morgan fingerprint density at radius 3 is 2.76 bits per heavy atom. The Morgan fingerprint density at radius 1 is 1.06 bits per heavy atom. The zero-order valence-electron chi connectivity index (χ0n) is 9.13. The van der Waals surface area contributed by atoms with E-state index in [0.717, 1.165) is 27.3 Å². The molecule has 0 amide bonds. The molecule has 84 valence electrons. The molecule has 3 nitrogen and oxygen atoms in total.